The molecule has 6 heteroatoms. The maximum Gasteiger partial charge on any atom is 0.261 e. The van der Waals surface area contributed by atoms with Gasteiger partial charge in [-0.05, 0) is 37.8 Å². The molecule has 0 saturated heterocycles. The summed E-state index contributed by atoms with van der Waals surface area (Å²) in [5.74, 6) is -0.115. The smallest absolute Gasteiger partial charge is 0.261 e. The summed E-state index contributed by atoms with van der Waals surface area (Å²) in [7, 11) is 0. The zero-order valence-electron chi connectivity index (χ0n) is 12.4. The van der Waals surface area contributed by atoms with E-state index in [-0.39, 0.29) is 18.4 Å². The molecule has 2 aliphatic rings. The summed E-state index contributed by atoms with van der Waals surface area (Å²) in [5.41, 5.74) is 1.74. The number of hydrogen-bond acceptors (Lipinski definition) is 3. The average molecular weight is 352 g/mol. The summed E-state index contributed by atoms with van der Waals surface area (Å²) in [6.07, 6.45) is 3.22. The third kappa shape index (κ3) is 3.01. The van der Waals surface area contributed by atoms with Crippen LogP contribution >= 0.6 is 23.2 Å². The van der Waals surface area contributed by atoms with Crippen LogP contribution in [0.2, 0.25) is 5.02 Å². The maximum absolute atomic E-state index is 12.6. The number of carbonyl (C=O) groups is 2. The predicted octanol–water partition coefficient (Wildman–Crippen LogP) is 4.22. The number of amides is 2. The highest BCUT2D eigenvalue weighted by Crippen LogP contribution is 2.38. The van der Waals surface area contributed by atoms with Crippen molar-refractivity contribution in [3.05, 3.63) is 46.0 Å². The SMILES string of the molecule is C=C(Cl)COc1cc(N2C(=O)C3=C(CCCC3)C2=O)ccc1Cl. The molecule has 0 radical (unpaired) electrons. The average Bonchev–Trinajstić information content (AvgIpc) is 2.79. The normalized spacial score (nSPS) is 17.6. The fraction of sp³-hybridized carbons (Fsp3) is 0.294. The Kier molecular flexibility index (Phi) is 4.46. The Hall–Kier alpha value is -1.78. The molecule has 1 aromatic carbocycles. The highest BCUT2D eigenvalue weighted by molar-refractivity contribution is 6.34. The van der Waals surface area contributed by atoms with Crippen molar-refractivity contribution in [3.63, 3.8) is 0 Å². The second kappa shape index (κ2) is 6.38. The van der Waals surface area contributed by atoms with Crippen LogP contribution in [-0.4, -0.2) is 18.4 Å². The third-order valence-corrected chi connectivity index (χ3v) is 4.37. The molecule has 0 spiro atoms. The number of ether oxygens (including phenoxy) is 1. The highest BCUT2D eigenvalue weighted by Gasteiger charge is 2.39. The van der Waals surface area contributed by atoms with Crippen LogP contribution in [0.4, 0.5) is 5.69 Å². The summed E-state index contributed by atoms with van der Waals surface area (Å²) >= 11 is 11.8. The number of carbonyl (C=O) groups excluding carboxylic acids is 2. The Labute approximate surface area is 144 Å². The first-order chi connectivity index (χ1) is 11.0. The molecule has 23 heavy (non-hydrogen) atoms. The van der Waals surface area contributed by atoms with E-state index < -0.39 is 0 Å². The summed E-state index contributed by atoms with van der Waals surface area (Å²) in [6.45, 7) is 3.64. The van der Waals surface area contributed by atoms with Gasteiger partial charge in [0.1, 0.15) is 12.4 Å². The van der Waals surface area contributed by atoms with Crippen molar-refractivity contribution in [1.82, 2.24) is 0 Å². The minimum atomic E-state index is -0.236. The van der Waals surface area contributed by atoms with E-state index >= 15 is 0 Å². The van der Waals surface area contributed by atoms with Gasteiger partial charge in [0.05, 0.1) is 10.7 Å². The topological polar surface area (TPSA) is 46.6 Å². The van der Waals surface area contributed by atoms with E-state index in [1.165, 1.54) is 4.90 Å². The van der Waals surface area contributed by atoms with Crippen molar-refractivity contribution in [2.24, 2.45) is 0 Å². The summed E-state index contributed by atoms with van der Waals surface area (Å²) in [4.78, 5) is 26.3. The fourth-order valence-corrected chi connectivity index (χ4v) is 3.10. The number of imide groups is 1. The Morgan fingerprint density at radius 2 is 1.78 bits per heavy atom. The molecule has 3 rings (SSSR count). The van der Waals surface area contributed by atoms with Crippen molar-refractivity contribution in [2.45, 2.75) is 25.7 Å². The summed E-state index contributed by atoms with van der Waals surface area (Å²) in [6, 6.07) is 4.82. The van der Waals surface area contributed by atoms with Crippen molar-refractivity contribution in [3.8, 4) is 5.75 Å². The van der Waals surface area contributed by atoms with E-state index in [1.54, 1.807) is 18.2 Å². The Morgan fingerprint density at radius 1 is 1.17 bits per heavy atom. The molecule has 2 amide bonds. The van der Waals surface area contributed by atoms with Crippen LogP contribution in [0, 0.1) is 0 Å². The van der Waals surface area contributed by atoms with E-state index in [0.717, 1.165) is 12.8 Å². The van der Waals surface area contributed by atoms with Crippen molar-refractivity contribution in [1.29, 1.82) is 0 Å². The van der Waals surface area contributed by atoms with E-state index in [4.69, 9.17) is 27.9 Å². The molecular formula is C17H15Cl2NO3. The van der Waals surface area contributed by atoms with E-state index in [2.05, 4.69) is 6.58 Å². The predicted molar refractivity (Wildman–Crippen MR) is 89.9 cm³/mol. The van der Waals surface area contributed by atoms with Gasteiger partial charge in [-0.15, -0.1) is 0 Å². The molecule has 0 bridgehead atoms. The molecule has 0 aromatic heterocycles. The Morgan fingerprint density at radius 3 is 2.35 bits per heavy atom. The second-order valence-corrected chi connectivity index (χ2v) is 6.47. The van der Waals surface area contributed by atoms with E-state index in [0.29, 0.717) is 45.5 Å². The van der Waals surface area contributed by atoms with Crippen molar-refractivity contribution >= 4 is 40.7 Å². The first kappa shape index (κ1) is 16.1. The third-order valence-electron chi connectivity index (χ3n) is 3.95. The molecular weight excluding hydrogens is 337 g/mol. The van der Waals surface area contributed by atoms with Crippen LogP contribution < -0.4 is 9.64 Å². The van der Waals surface area contributed by atoms with Gasteiger partial charge in [0, 0.05) is 22.2 Å². The monoisotopic (exact) mass is 351 g/mol. The van der Waals surface area contributed by atoms with Gasteiger partial charge in [0.15, 0.2) is 0 Å². The quantitative estimate of drug-likeness (QED) is 0.763. The van der Waals surface area contributed by atoms with Gasteiger partial charge in [-0.1, -0.05) is 29.8 Å². The second-order valence-electron chi connectivity index (χ2n) is 5.53. The number of halogens is 2. The van der Waals surface area contributed by atoms with Crippen LogP contribution in [-0.2, 0) is 9.59 Å². The van der Waals surface area contributed by atoms with Gasteiger partial charge in [0.2, 0.25) is 0 Å². The van der Waals surface area contributed by atoms with Crippen LogP contribution in [0.3, 0.4) is 0 Å². The molecule has 1 heterocycles. The van der Waals surface area contributed by atoms with Gasteiger partial charge in [0.25, 0.3) is 11.8 Å². The van der Waals surface area contributed by atoms with Crippen LogP contribution in [0.15, 0.2) is 41.0 Å². The molecule has 0 atom stereocenters. The molecule has 1 aliphatic carbocycles. The van der Waals surface area contributed by atoms with Gasteiger partial charge in [-0.2, -0.15) is 0 Å². The van der Waals surface area contributed by atoms with Crippen molar-refractivity contribution < 1.29 is 14.3 Å². The van der Waals surface area contributed by atoms with Crippen LogP contribution in [0.25, 0.3) is 0 Å². The molecule has 0 unspecified atom stereocenters. The number of anilines is 1. The molecule has 0 N–H and O–H groups in total. The highest BCUT2D eigenvalue weighted by atomic mass is 35.5. The molecule has 0 saturated carbocycles. The van der Waals surface area contributed by atoms with Gasteiger partial charge in [-0.25, -0.2) is 4.90 Å². The fourth-order valence-electron chi connectivity index (χ4n) is 2.87. The lowest BCUT2D eigenvalue weighted by Gasteiger charge is -2.17. The van der Waals surface area contributed by atoms with E-state index in [9.17, 15) is 9.59 Å². The largest absolute Gasteiger partial charge is 0.486 e. The number of nitrogens with zero attached hydrogens (tertiary/aromatic N) is 1. The van der Waals surface area contributed by atoms with Crippen LogP contribution in [0.1, 0.15) is 25.7 Å². The number of hydrogen-bond donors (Lipinski definition) is 0. The van der Waals surface area contributed by atoms with Gasteiger partial charge < -0.3 is 4.74 Å². The lowest BCUT2D eigenvalue weighted by atomic mass is 9.93. The number of rotatable bonds is 4. The summed E-state index contributed by atoms with van der Waals surface area (Å²) in [5, 5.41) is 0.709. The zero-order chi connectivity index (χ0) is 16.6. The Balaban J connectivity index is 1.90. The van der Waals surface area contributed by atoms with E-state index in [1.807, 2.05) is 0 Å². The lowest BCUT2D eigenvalue weighted by Crippen LogP contribution is -2.31. The van der Waals surface area contributed by atoms with Crippen LogP contribution in [0.5, 0.6) is 5.75 Å². The molecule has 1 aromatic rings. The Bertz CT molecular complexity index is 711. The lowest BCUT2D eigenvalue weighted by molar-refractivity contribution is -0.120. The van der Waals surface area contributed by atoms with Crippen molar-refractivity contribution in [2.75, 3.05) is 11.5 Å². The van der Waals surface area contributed by atoms with Gasteiger partial charge in [-0.3, -0.25) is 9.59 Å². The standard InChI is InChI=1S/C17H15Cl2NO3/c1-10(18)9-23-15-8-11(6-7-14(15)19)20-16(21)12-4-2-3-5-13(12)17(20)22/h6-8H,1-5,9H2. The first-order valence-corrected chi connectivity index (χ1v) is 8.11. The minimum Gasteiger partial charge on any atom is -0.486 e. The zero-order valence-corrected chi connectivity index (χ0v) is 13.9. The first-order valence-electron chi connectivity index (χ1n) is 7.35. The maximum atomic E-state index is 12.6. The number of benzene rings is 1. The molecule has 0 fully saturated rings. The van der Waals surface area contributed by atoms with Gasteiger partial charge >= 0.3 is 0 Å². The molecule has 4 nitrogen and oxygen atoms in total. The molecule has 120 valence electrons. The minimum absolute atomic E-state index is 0.0986. The molecule has 1 aliphatic heterocycles. The summed E-state index contributed by atoms with van der Waals surface area (Å²) < 4.78 is 5.46.